The first-order valence-electron chi connectivity index (χ1n) is 7.43. The molecule has 2 aromatic rings. The Balaban J connectivity index is 2.15. The van der Waals surface area contributed by atoms with E-state index in [9.17, 15) is 13.2 Å². The van der Waals surface area contributed by atoms with Crippen LogP contribution in [-0.4, -0.2) is 25.4 Å². The Labute approximate surface area is 141 Å². The molecule has 128 valence electrons. The van der Waals surface area contributed by atoms with Gasteiger partial charge in [0, 0.05) is 12.3 Å². The van der Waals surface area contributed by atoms with E-state index in [2.05, 4.69) is 4.98 Å². The molecular formula is C17H20N2O4S. The molecule has 0 bridgehead atoms. The van der Waals surface area contributed by atoms with Crippen LogP contribution in [0.1, 0.15) is 23.6 Å². The van der Waals surface area contributed by atoms with Crippen LogP contribution >= 0.6 is 0 Å². The molecule has 24 heavy (non-hydrogen) atoms. The largest absolute Gasteiger partial charge is 0.464 e. The number of carbonyl (C=O) groups excluding carboxylic acids is 1. The lowest BCUT2D eigenvalue weighted by Crippen LogP contribution is -2.40. The van der Waals surface area contributed by atoms with Crippen LogP contribution in [-0.2, 0) is 14.8 Å². The fourth-order valence-electron chi connectivity index (χ4n) is 2.08. The number of hydrogen-bond acceptors (Lipinski definition) is 5. The minimum atomic E-state index is -3.96. The van der Waals surface area contributed by atoms with Crippen LogP contribution in [0, 0.1) is 20.8 Å². The van der Waals surface area contributed by atoms with E-state index in [0.717, 1.165) is 16.7 Å². The summed E-state index contributed by atoms with van der Waals surface area (Å²) in [5.41, 5.74) is 2.72. The van der Waals surface area contributed by atoms with Crippen molar-refractivity contribution in [3.8, 4) is 5.88 Å². The van der Waals surface area contributed by atoms with Crippen molar-refractivity contribution in [2.24, 2.45) is 0 Å². The maximum Gasteiger partial charge on any atom is 0.274 e. The average Bonchev–Trinajstić information content (AvgIpc) is 2.52. The fourth-order valence-corrected chi connectivity index (χ4v) is 3.29. The smallest absolute Gasteiger partial charge is 0.274 e. The summed E-state index contributed by atoms with van der Waals surface area (Å²) in [6, 6.07) is 8.10. The first-order valence-corrected chi connectivity index (χ1v) is 8.91. The van der Waals surface area contributed by atoms with Gasteiger partial charge in [-0.1, -0.05) is 6.07 Å². The van der Waals surface area contributed by atoms with Gasteiger partial charge in [-0.05, 0) is 62.6 Å². The molecule has 0 aliphatic rings. The van der Waals surface area contributed by atoms with E-state index < -0.39 is 22.0 Å². The topological polar surface area (TPSA) is 85.4 Å². The van der Waals surface area contributed by atoms with Crippen LogP contribution < -0.4 is 9.46 Å². The van der Waals surface area contributed by atoms with Gasteiger partial charge in [-0.15, -0.1) is 0 Å². The molecule has 0 radical (unpaired) electrons. The summed E-state index contributed by atoms with van der Waals surface area (Å²) in [4.78, 5) is 16.1. The fraction of sp³-hybridized carbons (Fsp3) is 0.294. The highest BCUT2D eigenvalue weighted by atomic mass is 32.2. The summed E-state index contributed by atoms with van der Waals surface area (Å²) in [5, 5.41) is 0. The highest BCUT2D eigenvalue weighted by molar-refractivity contribution is 7.90. The summed E-state index contributed by atoms with van der Waals surface area (Å²) in [5.74, 6) is -0.504. The van der Waals surface area contributed by atoms with Gasteiger partial charge in [0.05, 0.1) is 4.90 Å². The lowest BCUT2D eigenvalue weighted by atomic mass is 10.1. The zero-order chi connectivity index (χ0) is 17.9. The second-order valence-electron chi connectivity index (χ2n) is 5.58. The summed E-state index contributed by atoms with van der Waals surface area (Å²) in [7, 11) is -3.96. The average molecular weight is 348 g/mol. The lowest BCUT2D eigenvalue weighted by Gasteiger charge is -2.15. The van der Waals surface area contributed by atoms with Gasteiger partial charge in [-0.25, -0.2) is 18.1 Å². The number of sulfonamides is 1. The summed E-state index contributed by atoms with van der Waals surface area (Å²) in [6.07, 6.45) is 0.525. The minimum absolute atomic E-state index is 0.0569. The van der Waals surface area contributed by atoms with Crippen molar-refractivity contribution >= 4 is 15.9 Å². The second-order valence-corrected chi connectivity index (χ2v) is 7.26. The van der Waals surface area contributed by atoms with Crippen molar-refractivity contribution in [3.05, 3.63) is 53.2 Å². The van der Waals surface area contributed by atoms with Crippen LogP contribution in [0.3, 0.4) is 0 Å². The van der Waals surface area contributed by atoms with E-state index in [1.807, 2.05) is 25.5 Å². The third-order valence-corrected chi connectivity index (χ3v) is 5.08. The summed E-state index contributed by atoms with van der Waals surface area (Å²) in [6.45, 7) is 7.04. The molecule has 1 aromatic carbocycles. The van der Waals surface area contributed by atoms with Gasteiger partial charge in [0.1, 0.15) is 0 Å². The van der Waals surface area contributed by atoms with Crippen LogP contribution in [0.15, 0.2) is 41.4 Å². The van der Waals surface area contributed by atoms with E-state index in [1.165, 1.54) is 13.1 Å². The highest BCUT2D eigenvalue weighted by Gasteiger charge is 2.24. The van der Waals surface area contributed by atoms with E-state index in [-0.39, 0.29) is 10.8 Å². The first-order chi connectivity index (χ1) is 11.2. The van der Waals surface area contributed by atoms with Crippen molar-refractivity contribution < 1.29 is 17.9 Å². The van der Waals surface area contributed by atoms with Gasteiger partial charge in [0.15, 0.2) is 6.10 Å². The molecule has 6 nitrogen and oxygen atoms in total. The third kappa shape index (κ3) is 4.11. The number of carbonyl (C=O) groups is 1. The molecule has 7 heteroatoms. The van der Waals surface area contributed by atoms with Crippen LogP contribution in [0.4, 0.5) is 0 Å². The van der Waals surface area contributed by atoms with Crippen LogP contribution in [0.5, 0.6) is 5.88 Å². The Bertz CT molecular complexity index is 825. The van der Waals surface area contributed by atoms with Gasteiger partial charge in [-0.2, -0.15) is 0 Å². The zero-order valence-corrected chi connectivity index (χ0v) is 14.8. The van der Waals surface area contributed by atoms with Crippen LogP contribution in [0.25, 0.3) is 0 Å². The molecule has 0 spiro atoms. The Kier molecular flexibility index (Phi) is 5.23. The molecule has 1 N–H and O–H groups in total. The van der Waals surface area contributed by atoms with E-state index in [4.69, 9.17) is 4.74 Å². The predicted molar refractivity (Wildman–Crippen MR) is 90.3 cm³/mol. The molecule has 0 aliphatic heterocycles. The van der Waals surface area contributed by atoms with Crippen molar-refractivity contribution in [3.63, 3.8) is 0 Å². The maximum absolute atomic E-state index is 12.4. The number of aromatic nitrogens is 1. The monoisotopic (exact) mass is 348 g/mol. The van der Waals surface area contributed by atoms with Gasteiger partial charge in [0.2, 0.25) is 5.88 Å². The number of hydrogen-bond donors (Lipinski definition) is 1. The third-order valence-electron chi connectivity index (χ3n) is 3.75. The molecule has 1 aromatic heterocycles. The molecular weight excluding hydrogens is 328 g/mol. The first kappa shape index (κ1) is 17.9. The molecule has 1 atom stereocenters. The van der Waals surface area contributed by atoms with Gasteiger partial charge in [0.25, 0.3) is 15.9 Å². The number of aryl methyl sites for hydroxylation is 2. The number of nitrogens with one attached hydrogen (secondary N) is 1. The molecule has 0 aliphatic carbocycles. The molecule has 0 saturated carbocycles. The van der Waals surface area contributed by atoms with Crippen LogP contribution in [0.2, 0.25) is 0 Å². The molecule has 1 amide bonds. The molecule has 1 unspecified atom stereocenters. The standard InChI is InChI=1S/C17H20N2O4S/c1-11-9-15(10-12(2)13(11)3)24(21,22)19-17(20)14(4)23-16-7-5-6-8-18-16/h5-10,14H,1-4H3,(H,19,20). The van der Waals surface area contributed by atoms with E-state index in [1.54, 1.807) is 30.3 Å². The number of pyridine rings is 1. The normalized spacial score (nSPS) is 12.5. The SMILES string of the molecule is Cc1cc(S(=O)(=O)NC(=O)C(C)Oc2ccccn2)cc(C)c1C. The zero-order valence-electron chi connectivity index (χ0n) is 14.0. The van der Waals surface area contributed by atoms with E-state index in [0.29, 0.717) is 0 Å². The molecule has 1 heterocycles. The Hall–Kier alpha value is -2.41. The number of ether oxygens (including phenoxy) is 1. The van der Waals surface area contributed by atoms with E-state index >= 15 is 0 Å². The maximum atomic E-state index is 12.4. The number of rotatable bonds is 5. The Morgan fingerprint density at radius 1 is 1.17 bits per heavy atom. The quantitative estimate of drug-likeness (QED) is 0.896. The highest BCUT2D eigenvalue weighted by Crippen LogP contribution is 2.19. The summed E-state index contributed by atoms with van der Waals surface area (Å²) >= 11 is 0. The lowest BCUT2D eigenvalue weighted by molar-refractivity contribution is -0.125. The summed E-state index contributed by atoms with van der Waals surface area (Å²) < 4.78 is 32.2. The number of amides is 1. The molecule has 0 saturated heterocycles. The van der Waals surface area contributed by atoms with Gasteiger partial charge >= 0.3 is 0 Å². The van der Waals surface area contributed by atoms with Crippen molar-refractivity contribution in [2.45, 2.75) is 38.7 Å². The van der Waals surface area contributed by atoms with Gasteiger partial charge in [-0.3, -0.25) is 4.79 Å². The number of nitrogens with zero attached hydrogens (tertiary/aromatic N) is 1. The Morgan fingerprint density at radius 3 is 2.33 bits per heavy atom. The molecule has 0 fully saturated rings. The number of benzene rings is 1. The molecule has 2 rings (SSSR count). The van der Waals surface area contributed by atoms with Crippen molar-refractivity contribution in [1.29, 1.82) is 0 Å². The van der Waals surface area contributed by atoms with Crippen molar-refractivity contribution in [2.75, 3.05) is 0 Å². The Morgan fingerprint density at radius 2 is 1.79 bits per heavy atom. The van der Waals surface area contributed by atoms with Crippen molar-refractivity contribution in [1.82, 2.24) is 9.71 Å². The second kappa shape index (κ2) is 7.00. The predicted octanol–water partition coefficient (Wildman–Crippen LogP) is 2.28. The van der Waals surface area contributed by atoms with Gasteiger partial charge < -0.3 is 4.74 Å². The minimum Gasteiger partial charge on any atom is -0.464 e.